The minimum Gasteiger partial charge on any atom is -0.355 e. The first-order valence-electron chi connectivity index (χ1n) is 12.0. The van der Waals surface area contributed by atoms with Gasteiger partial charge < -0.3 is 9.80 Å². The van der Waals surface area contributed by atoms with Gasteiger partial charge >= 0.3 is 0 Å². The van der Waals surface area contributed by atoms with E-state index in [9.17, 15) is 4.79 Å². The number of piperidine rings is 1. The number of aromatic nitrogens is 2. The Hall–Kier alpha value is -3.25. The maximum absolute atomic E-state index is 13.1. The molecular formula is C27H31N5O. The number of piperazine rings is 1. The van der Waals surface area contributed by atoms with Gasteiger partial charge in [-0.15, -0.1) is 10.2 Å². The molecule has 0 bridgehead atoms. The first-order valence-corrected chi connectivity index (χ1v) is 12.0. The number of anilines is 1. The first kappa shape index (κ1) is 21.6. The Bertz CT molecular complexity index is 988. The quantitative estimate of drug-likeness (QED) is 0.599. The van der Waals surface area contributed by atoms with Crippen molar-refractivity contribution in [2.45, 2.75) is 25.3 Å². The zero-order valence-electron chi connectivity index (χ0n) is 19.0. The lowest BCUT2D eigenvalue weighted by Crippen LogP contribution is -2.50. The lowest BCUT2D eigenvalue weighted by Gasteiger charge is -2.39. The molecule has 2 saturated heterocycles. The number of amides is 1. The molecule has 5 rings (SSSR count). The molecule has 0 N–H and O–H groups in total. The number of rotatable bonds is 5. The summed E-state index contributed by atoms with van der Waals surface area (Å²) in [6.07, 6.45) is 3.67. The van der Waals surface area contributed by atoms with Crippen LogP contribution in [0, 0.1) is 0 Å². The van der Waals surface area contributed by atoms with Gasteiger partial charge in [-0.3, -0.25) is 9.69 Å². The van der Waals surface area contributed by atoms with Crippen LogP contribution in [-0.4, -0.2) is 65.2 Å². The van der Waals surface area contributed by atoms with Crippen molar-refractivity contribution in [2.75, 3.05) is 44.2 Å². The molecule has 6 heteroatoms. The van der Waals surface area contributed by atoms with E-state index in [0.29, 0.717) is 18.8 Å². The Kier molecular flexibility index (Phi) is 6.63. The van der Waals surface area contributed by atoms with Crippen LogP contribution in [0.25, 0.3) is 0 Å². The van der Waals surface area contributed by atoms with Gasteiger partial charge in [0.25, 0.3) is 5.91 Å². The molecular weight excluding hydrogens is 410 g/mol. The van der Waals surface area contributed by atoms with Crippen LogP contribution in [0.1, 0.15) is 46.9 Å². The van der Waals surface area contributed by atoms with Gasteiger partial charge in [-0.2, -0.15) is 0 Å². The van der Waals surface area contributed by atoms with E-state index >= 15 is 0 Å². The normalized spacial score (nSPS) is 17.4. The predicted molar refractivity (Wildman–Crippen MR) is 130 cm³/mol. The van der Waals surface area contributed by atoms with Crippen LogP contribution >= 0.6 is 0 Å². The molecule has 33 heavy (non-hydrogen) atoms. The second-order valence-corrected chi connectivity index (χ2v) is 8.88. The van der Waals surface area contributed by atoms with E-state index in [1.54, 1.807) is 0 Å². The fraction of sp³-hybridized carbons (Fsp3) is 0.370. The monoisotopic (exact) mass is 441 g/mol. The van der Waals surface area contributed by atoms with Crippen molar-refractivity contribution in [3.8, 4) is 0 Å². The average molecular weight is 442 g/mol. The Labute approximate surface area is 195 Å². The fourth-order valence-corrected chi connectivity index (χ4v) is 4.96. The number of benzene rings is 2. The summed E-state index contributed by atoms with van der Waals surface area (Å²) in [4.78, 5) is 19.7. The van der Waals surface area contributed by atoms with E-state index in [0.717, 1.165) is 32.0 Å². The largest absolute Gasteiger partial charge is 0.355 e. The first-order chi connectivity index (χ1) is 16.3. The van der Waals surface area contributed by atoms with Crippen molar-refractivity contribution in [3.63, 3.8) is 0 Å². The molecule has 0 aliphatic carbocycles. The van der Waals surface area contributed by atoms with Gasteiger partial charge in [-0.05, 0) is 42.5 Å². The fourth-order valence-electron chi connectivity index (χ4n) is 4.96. The summed E-state index contributed by atoms with van der Waals surface area (Å²) in [6.45, 7) is 5.05. The summed E-state index contributed by atoms with van der Waals surface area (Å²) in [5.41, 5.74) is 3.00. The smallest absolute Gasteiger partial charge is 0.274 e. The van der Waals surface area contributed by atoms with Gasteiger partial charge in [-0.1, -0.05) is 60.7 Å². The minimum absolute atomic E-state index is 0.0247. The van der Waals surface area contributed by atoms with E-state index in [1.165, 1.54) is 30.4 Å². The summed E-state index contributed by atoms with van der Waals surface area (Å²) < 4.78 is 0. The Morgan fingerprint density at radius 2 is 1.27 bits per heavy atom. The lowest BCUT2D eigenvalue weighted by molar-refractivity contribution is 0.0590. The van der Waals surface area contributed by atoms with Gasteiger partial charge in [0.1, 0.15) is 0 Å². The molecule has 3 heterocycles. The van der Waals surface area contributed by atoms with Crippen LogP contribution in [0.4, 0.5) is 5.82 Å². The predicted octanol–water partition coefficient (Wildman–Crippen LogP) is 4.01. The summed E-state index contributed by atoms with van der Waals surface area (Å²) in [5.74, 6) is 0.855. The van der Waals surface area contributed by atoms with Crippen LogP contribution in [0.3, 0.4) is 0 Å². The highest BCUT2D eigenvalue weighted by Crippen LogP contribution is 2.29. The van der Waals surface area contributed by atoms with Crippen molar-refractivity contribution in [3.05, 3.63) is 89.6 Å². The summed E-state index contributed by atoms with van der Waals surface area (Å²) in [5, 5.41) is 8.64. The summed E-state index contributed by atoms with van der Waals surface area (Å²) in [7, 11) is 0. The number of carbonyl (C=O) groups is 1. The number of hydrogen-bond donors (Lipinski definition) is 0. The molecule has 2 aliphatic heterocycles. The van der Waals surface area contributed by atoms with Crippen molar-refractivity contribution in [2.24, 2.45) is 0 Å². The van der Waals surface area contributed by atoms with Gasteiger partial charge in [0.05, 0.1) is 6.04 Å². The van der Waals surface area contributed by atoms with Crippen molar-refractivity contribution in [1.29, 1.82) is 0 Å². The highest BCUT2D eigenvalue weighted by atomic mass is 16.2. The molecule has 0 radical (unpaired) electrons. The molecule has 6 nitrogen and oxygen atoms in total. The van der Waals surface area contributed by atoms with E-state index in [1.807, 2.05) is 17.0 Å². The molecule has 0 unspecified atom stereocenters. The molecule has 1 aromatic heterocycles. The molecule has 0 saturated carbocycles. The van der Waals surface area contributed by atoms with Crippen LogP contribution < -0.4 is 4.90 Å². The van der Waals surface area contributed by atoms with Gasteiger partial charge in [0.2, 0.25) is 0 Å². The minimum atomic E-state index is -0.0247. The van der Waals surface area contributed by atoms with Crippen LogP contribution in [-0.2, 0) is 0 Å². The molecule has 170 valence electrons. The summed E-state index contributed by atoms with van der Waals surface area (Å²) in [6, 6.07) is 25.2. The second kappa shape index (κ2) is 10.1. The molecule has 2 aromatic carbocycles. The van der Waals surface area contributed by atoms with Crippen LogP contribution in [0.15, 0.2) is 72.8 Å². The Morgan fingerprint density at radius 1 is 0.667 bits per heavy atom. The van der Waals surface area contributed by atoms with E-state index in [2.05, 4.69) is 80.7 Å². The topological polar surface area (TPSA) is 52.6 Å². The van der Waals surface area contributed by atoms with Gasteiger partial charge in [-0.25, -0.2) is 0 Å². The third kappa shape index (κ3) is 4.91. The molecule has 2 aliphatic rings. The number of nitrogens with zero attached hydrogens (tertiary/aromatic N) is 5. The van der Waals surface area contributed by atoms with E-state index in [4.69, 9.17) is 0 Å². The lowest BCUT2D eigenvalue weighted by atomic mass is 9.96. The number of carbonyl (C=O) groups excluding carboxylic acids is 1. The zero-order valence-corrected chi connectivity index (χ0v) is 19.0. The van der Waals surface area contributed by atoms with Crippen LogP contribution in [0.5, 0.6) is 0 Å². The highest BCUT2D eigenvalue weighted by molar-refractivity contribution is 5.92. The molecule has 0 atom stereocenters. The highest BCUT2D eigenvalue weighted by Gasteiger charge is 2.29. The molecule has 2 fully saturated rings. The third-order valence-corrected chi connectivity index (χ3v) is 6.75. The SMILES string of the molecule is O=C(c1ccc(N2CCCCC2)nn1)N1CCN(C(c2ccccc2)c2ccccc2)CC1. The van der Waals surface area contributed by atoms with Crippen molar-refractivity contribution >= 4 is 11.7 Å². The Balaban J connectivity index is 1.25. The standard InChI is InChI=1S/C27H31N5O/c33-27(24-14-15-25(29-28-24)30-16-8-3-9-17-30)32-20-18-31(19-21-32)26(22-10-4-1-5-11-22)23-12-6-2-7-13-23/h1-2,4-7,10-15,26H,3,8-9,16-21H2. The van der Waals surface area contributed by atoms with Crippen molar-refractivity contribution in [1.82, 2.24) is 20.0 Å². The maximum atomic E-state index is 13.1. The van der Waals surface area contributed by atoms with E-state index < -0.39 is 0 Å². The van der Waals surface area contributed by atoms with Gasteiger partial charge in [0.15, 0.2) is 11.5 Å². The van der Waals surface area contributed by atoms with Crippen molar-refractivity contribution < 1.29 is 4.79 Å². The zero-order chi connectivity index (χ0) is 22.5. The molecule has 1 amide bonds. The second-order valence-electron chi connectivity index (χ2n) is 8.88. The molecule has 3 aromatic rings. The Morgan fingerprint density at radius 3 is 1.82 bits per heavy atom. The number of hydrogen-bond acceptors (Lipinski definition) is 5. The maximum Gasteiger partial charge on any atom is 0.274 e. The van der Waals surface area contributed by atoms with Gasteiger partial charge in [0, 0.05) is 39.3 Å². The summed E-state index contributed by atoms with van der Waals surface area (Å²) >= 11 is 0. The van der Waals surface area contributed by atoms with Crippen LogP contribution in [0.2, 0.25) is 0 Å². The average Bonchev–Trinajstić information content (AvgIpc) is 2.91. The third-order valence-electron chi connectivity index (χ3n) is 6.75. The van der Waals surface area contributed by atoms with E-state index in [-0.39, 0.29) is 11.9 Å². The molecule has 0 spiro atoms.